The van der Waals surface area contributed by atoms with E-state index in [1.54, 1.807) is 60.8 Å². The standard InChI is InChI=1S/C24H22ClFN6O/c1-32-14-17(13-30-32)22-20(25)11-19(21(23(27)33)16-5-3-8-28-12-16)24(31-22)29-9-7-15-4-2-6-18(26)10-15/h2-6,8,10-14,21H,7,9H2,1H3,(H2,27,33)(H,29,31). The van der Waals surface area contributed by atoms with Crippen molar-refractivity contribution in [1.82, 2.24) is 19.7 Å². The van der Waals surface area contributed by atoms with Gasteiger partial charge in [0.2, 0.25) is 5.91 Å². The minimum absolute atomic E-state index is 0.290. The molecule has 0 bridgehead atoms. The number of hydrogen-bond donors (Lipinski definition) is 2. The van der Waals surface area contributed by atoms with Crippen molar-refractivity contribution >= 4 is 23.3 Å². The van der Waals surface area contributed by atoms with E-state index in [9.17, 15) is 9.18 Å². The third-order valence-corrected chi connectivity index (χ3v) is 5.48. The van der Waals surface area contributed by atoms with Gasteiger partial charge in [0.15, 0.2) is 0 Å². The van der Waals surface area contributed by atoms with Crippen LogP contribution in [0.5, 0.6) is 0 Å². The summed E-state index contributed by atoms with van der Waals surface area (Å²) in [5.74, 6) is -1.18. The number of nitrogens with two attached hydrogens (primary N) is 1. The van der Waals surface area contributed by atoms with Crippen LogP contribution in [0.15, 0.2) is 67.3 Å². The fourth-order valence-corrected chi connectivity index (χ4v) is 3.94. The third-order valence-electron chi connectivity index (χ3n) is 5.19. The second kappa shape index (κ2) is 9.79. The van der Waals surface area contributed by atoms with Crippen molar-refractivity contribution in [2.75, 3.05) is 11.9 Å². The maximum atomic E-state index is 13.5. The molecule has 4 aromatic rings. The topological polar surface area (TPSA) is 98.7 Å². The summed E-state index contributed by atoms with van der Waals surface area (Å²) in [5, 5.41) is 7.83. The number of primary amides is 1. The maximum Gasteiger partial charge on any atom is 0.229 e. The first-order chi connectivity index (χ1) is 15.9. The quantitative estimate of drug-likeness (QED) is 0.411. The van der Waals surface area contributed by atoms with E-state index >= 15 is 0 Å². The molecule has 9 heteroatoms. The van der Waals surface area contributed by atoms with E-state index in [-0.39, 0.29) is 5.82 Å². The summed E-state index contributed by atoms with van der Waals surface area (Å²) in [5.41, 5.74) is 9.05. The van der Waals surface area contributed by atoms with E-state index in [0.29, 0.717) is 40.6 Å². The highest BCUT2D eigenvalue weighted by Crippen LogP contribution is 2.35. The lowest BCUT2D eigenvalue weighted by Crippen LogP contribution is -2.24. The Morgan fingerprint density at radius 1 is 1.24 bits per heavy atom. The van der Waals surface area contributed by atoms with Gasteiger partial charge in [-0.3, -0.25) is 14.5 Å². The number of anilines is 1. The first kappa shape index (κ1) is 22.4. The van der Waals surface area contributed by atoms with E-state index in [1.165, 1.54) is 12.1 Å². The Hall–Kier alpha value is -3.78. The van der Waals surface area contributed by atoms with Crippen molar-refractivity contribution < 1.29 is 9.18 Å². The van der Waals surface area contributed by atoms with Gasteiger partial charge in [0.1, 0.15) is 11.6 Å². The molecule has 1 amide bonds. The van der Waals surface area contributed by atoms with E-state index in [0.717, 1.165) is 11.1 Å². The number of hydrogen-bond acceptors (Lipinski definition) is 5. The molecule has 0 aliphatic rings. The molecule has 7 nitrogen and oxygen atoms in total. The molecular formula is C24H22ClFN6O. The second-order valence-corrected chi connectivity index (χ2v) is 7.99. The molecule has 3 heterocycles. The molecule has 1 unspecified atom stereocenters. The van der Waals surface area contributed by atoms with Crippen molar-refractivity contribution in [3.8, 4) is 11.3 Å². The number of aromatic nitrogens is 4. The highest BCUT2D eigenvalue weighted by Gasteiger charge is 2.26. The van der Waals surface area contributed by atoms with Gasteiger partial charge in [0.25, 0.3) is 0 Å². The van der Waals surface area contributed by atoms with Gasteiger partial charge in [-0.1, -0.05) is 29.8 Å². The van der Waals surface area contributed by atoms with Crippen molar-refractivity contribution in [2.24, 2.45) is 12.8 Å². The van der Waals surface area contributed by atoms with Gasteiger partial charge < -0.3 is 11.1 Å². The molecule has 0 fully saturated rings. The van der Waals surface area contributed by atoms with Gasteiger partial charge in [0.05, 0.1) is 22.8 Å². The summed E-state index contributed by atoms with van der Waals surface area (Å²) in [6.07, 6.45) is 7.23. The smallest absolute Gasteiger partial charge is 0.229 e. The number of benzene rings is 1. The van der Waals surface area contributed by atoms with Gasteiger partial charge >= 0.3 is 0 Å². The van der Waals surface area contributed by atoms with Gasteiger partial charge in [0, 0.05) is 43.3 Å². The van der Waals surface area contributed by atoms with Crippen molar-refractivity contribution in [3.63, 3.8) is 0 Å². The van der Waals surface area contributed by atoms with Crippen molar-refractivity contribution in [1.29, 1.82) is 0 Å². The minimum Gasteiger partial charge on any atom is -0.369 e. The summed E-state index contributed by atoms with van der Waals surface area (Å²) in [7, 11) is 1.80. The molecule has 0 spiro atoms. The highest BCUT2D eigenvalue weighted by molar-refractivity contribution is 6.33. The van der Waals surface area contributed by atoms with Gasteiger partial charge in [-0.25, -0.2) is 9.37 Å². The number of halogens is 2. The number of nitrogens with zero attached hydrogens (tertiary/aromatic N) is 4. The van der Waals surface area contributed by atoms with Crippen LogP contribution in [0.3, 0.4) is 0 Å². The fourth-order valence-electron chi connectivity index (χ4n) is 3.67. The molecule has 3 aromatic heterocycles. The van der Waals surface area contributed by atoms with E-state index in [1.807, 2.05) is 6.07 Å². The predicted octanol–water partition coefficient (Wildman–Crippen LogP) is 3.94. The Morgan fingerprint density at radius 2 is 2.09 bits per heavy atom. The average Bonchev–Trinajstić information content (AvgIpc) is 3.22. The van der Waals surface area contributed by atoms with E-state index in [2.05, 4.69) is 15.4 Å². The van der Waals surface area contributed by atoms with Gasteiger partial charge in [-0.15, -0.1) is 0 Å². The van der Waals surface area contributed by atoms with Crippen molar-refractivity contribution in [2.45, 2.75) is 12.3 Å². The molecule has 4 rings (SSSR count). The molecule has 0 aliphatic carbocycles. The van der Waals surface area contributed by atoms with Crippen LogP contribution in [0.1, 0.15) is 22.6 Å². The number of carbonyl (C=O) groups excluding carboxylic acids is 1. The lowest BCUT2D eigenvalue weighted by molar-refractivity contribution is -0.118. The number of pyridine rings is 2. The summed E-state index contributed by atoms with van der Waals surface area (Å²) in [6, 6.07) is 11.6. The van der Waals surface area contributed by atoms with Crippen LogP contribution < -0.4 is 11.1 Å². The Balaban J connectivity index is 1.73. The van der Waals surface area contributed by atoms with Crippen LogP contribution in [0.4, 0.5) is 10.2 Å². The Morgan fingerprint density at radius 3 is 2.76 bits per heavy atom. The monoisotopic (exact) mass is 464 g/mol. The van der Waals surface area contributed by atoms with Crippen LogP contribution in [-0.2, 0) is 18.3 Å². The molecule has 3 N–H and O–H groups in total. The van der Waals surface area contributed by atoms with Crippen LogP contribution in [0, 0.1) is 5.82 Å². The van der Waals surface area contributed by atoms with Gasteiger partial charge in [-0.05, 0) is 41.8 Å². The van der Waals surface area contributed by atoms with E-state index < -0.39 is 11.8 Å². The average molecular weight is 465 g/mol. The molecule has 33 heavy (non-hydrogen) atoms. The van der Waals surface area contributed by atoms with Crippen LogP contribution in [0.2, 0.25) is 5.02 Å². The van der Waals surface area contributed by atoms with Crippen LogP contribution in [0.25, 0.3) is 11.3 Å². The molecule has 1 aromatic carbocycles. The Labute approximate surface area is 195 Å². The van der Waals surface area contributed by atoms with Crippen molar-refractivity contribution in [3.05, 3.63) is 94.8 Å². The number of aryl methyl sites for hydroxylation is 1. The first-order valence-electron chi connectivity index (χ1n) is 10.3. The van der Waals surface area contributed by atoms with Crippen LogP contribution in [-0.4, -0.2) is 32.2 Å². The number of amides is 1. The lowest BCUT2D eigenvalue weighted by atomic mass is 9.91. The zero-order valence-electron chi connectivity index (χ0n) is 17.9. The summed E-state index contributed by atoms with van der Waals surface area (Å²) in [4.78, 5) is 21.3. The SMILES string of the molecule is Cn1cc(-c2nc(NCCc3cccc(F)c3)c(C(C(N)=O)c3cccnc3)cc2Cl)cn1. The molecule has 1 atom stereocenters. The zero-order chi connectivity index (χ0) is 23.4. The molecule has 0 saturated heterocycles. The van der Waals surface area contributed by atoms with E-state index in [4.69, 9.17) is 22.3 Å². The predicted molar refractivity (Wildman–Crippen MR) is 125 cm³/mol. The molecular weight excluding hydrogens is 443 g/mol. The molecule has 0 aliphatic heterocycles. The first-order valence-corrected chi connectivity index (χ1v) is 10.7. The van der Waals surface area contributed by atoms with Gasteiger partial charge in [-0.2, -0.15) is 5.10 Å². The largest absolute Gasteiger partial charge is 0.369 e. The summed E-state index contributed by atoms with van der Waals surface area (Å²) < 4.78 is 15.2. The summed E-state index contributed by atoms with van der Waals surface area (Å²) >= 11 is 6.59. The Kier molecular flexibility index (Phi) is 6.65. The fraction of sp³-hybridized carbons (Fsp3) is 0.167. The number of rotatable bonds is 8. The second-order valence-electron chi connectivity index (χ2n) is 7.59. The maximum absolute atomic E-state index is 13.5. The molecule has 0 saturated carbocycles. The number of carbonyl (C=O) groups is 1. The Bertz CT molecular complexity index is 1280. The lowest BCUT2D eigenvalue weighted by Gasteiger charge is -2.20. The minimum atomic E-state index is -0.802. The summed E-state index contributed by atoms with van der Waals surface area (Å²) in [6.45, 7) is 0.454. The highest BCUT2D eigenvalue weighted by atomic mass is 35.5. The molecule has 0 radical (unpaired) electrons. The zero-order valence-corrected chi connectivity index (χ0v) is 18.6. The van der Waals surface area contributed by atoms with Crippen LogP contribution >= 0.6 is 11.6 Å². The normalized spacial score (nSPS) is 11.8. The number of nitrogens with one attached hydrogen (secondary N) is 1. The molecule has 168 valence electrons. The third kappa shape index (κ3) is 5.18.